The summed E-state index contributed by atoms with van der Waals surface area (Å²) in [5.41, 5.74) is 4.00. The van der Waals surface area contributed by atoms with Crippen molar-refractivity contribution in [2.45, 2.75) is 19.1 Å². The maximum absolute atomic E-state index is 13.2. The third kappa shape index (κ3) is 4.90. The smallest absolute Gasteiger partial charge is 0.419 e. The molecule has 27 heavy (non-hydrogen) atoms. The summed E-state index contributed by atoms with van der Waals surface area (Å²) in [5.74, 6) is -2.36. The van der Waals surface area contributed by atoms with E-state index in [4.69, 9.17) is 10.5 Å². The number of halogens is 4. The lowest BCUT2D eigenvalue weighted by Gasteiger charge is -2.22. The van der Waals surface area contributed by atoms with E-state index in [1.165, 1.54) is 6.92 Å². The summed E-state index contributed by atoms with van der Waals surface area (Å²) in [6.45, 7) is 4.79. The molecule has 1 aromatic rings. The van der Waals surface area contributed by atoms with Crippen LogP contribution >= 0.6 is 0 Å². The summed E-state index contributed by atoms with van der Waals surface area (Å²) >= 11 is 0. The van der Waals surface area contributed by atoms with Crippen molar-refractivity contribution in [3.05, 3.63) is 53.2 Å². The van der Waals surface area contributed by atoms with E-state index in [2.05, 4.69) is 22.5 Å². The molecule has 5 N–H and O–H groups in total. The number of hydrogen-bond acceptors (Lipinski definition) is 4. The van der Waals surface area contributed by atoms with Crippen molar-refractivity contribution >= 4 is 11.9 Å². The second kappa shape index (κ2) is 7.56. The van der Waals surface area contributed by atoms with E-state index < -0.39 is 35.5 Å². The van der Waals surface area contributed by atoms with E-state index in [9.17, 15) is 27.2 Å². The number of nitrogens with two attached hydrogens (primary N) is 1. The third-order valence-electron chi connectivity index (χ3n) is 3.45. The van der Waals surface area contributed by atoms with E-state index >= 15 is 0 Å². The maximum Gasteiger partial charge on any atom is 0.419 e. The third-order valence-corrected chi connectivity index (χ3v) is 3.45. The van der Waals surface area contributed by atoms with Crippen LogP contribution < -0.4 is 26.4 Å². The standard InChI is InChI=1S/C16H16F4N4O3/c1-7(22-14(25)13-12(21)8(2)23-15(26)24-13)6-27-9-3-4-11(17)10(5-9)16(18,19)20/h3-5,7H,2,6,21H2,1H3,(H,22,25)(H2,23,24,26)/t7-/m1/s1. The lowest BCUT2D eigenvalue weighted by Crippen LogP contribution is -2.49. The molecule has 0 saturated carbocycles. The summed E-state index contributed by atoms with van der Waals surface area (Å²) in [4.78, 5) is 23.5. The average Bonchev–Trinajstić information content (AvgIpc) is 2.56. The van der Waals surface area contributed by atoms with Crippen molar-refractivity contribution < 1.29 is 31.9 Å². The zero-order valence-electron chi connectivity index (χ0n) is 14.0. The fraction of sp³-hybridized carbons (Fsp3) is 0.250. The minimum atomic E-state index is -4.86. The van der Waals surface area contributed by atoms with Gasteiger partial charge in [-0.1, -0.05) is 6.58 Å². The summed E-state index contributed by atoms with van der Waals surface area (Å²) in [7, 11) is 0. The molecule has 1 aliphatic heterocycles. The second-order valence-electron chi connectivity index (χ2n) is 5.67. The molecule has 0 aliphatic carbocycles. The molecule has 146 valence electrons. The number of hydrogen-bond donors (Lipinski definition) is 4. The molecule has 0 spiro atoms. The van der Waals surface area contributed by atoms with E-state index in [1.807, 2.05) is 0 Å². The largest absolute Gasteiger partial charge is 0.491 e. The molecule has 7 nitrogen and oxygen atoms in total. The van der Waals surface area contributed by atoms with Crippen molar-refractivity contribution in [2.75, 3.05) is 6.61 Å². The number of carbonyl (C=O) groups is 2. The molecule has 3 amide bonds. The van der Waals surface area contributed by atoms with Crippen LogP contribution in [0.15, 0.2) is 41.9 Å². The van der Waals surface area contributed by atoms with Crippen molar-refractivity contribution in [2.24, 2.45) is 5.73 Å². The molecule has 0 unspecified atom stereocenters. The van der Waals surface area contributed by atoms with Gasteiger partial charge in [-0.25, -0.2) is 9.18 Å². The number of amides is 3. The van der Waals surface area contributed by atoms with Crippen LogP contribution in [0.4, 0.5) is 22.4 Å². The number of carbonyl (C=O) groups excluding carboxylic acids is 2. The van der Waals surface area contributed by atoms with Gasteiger partial charge in [0.05, 0.1) is 23.0 Å². The maximum atomic E-state index is 13.2. The summed E-state index contributed by atoms with van der Waals surface area (Å²) < 4.78 is 56.5. The zero-order valence-corrected chi connectivity index (χ0v) is 14.0. The molecule has 1 aliphatic rings. The molecule has 0 radical (unpaired) electrons. The number of ether oxygens (including phenoxy) is 1. The topological polar surface area (TPSA) is 105 Å². The van der Waals surface area contributed by atoms with Crippen LogP contribution in [0, 0.1) is 5.82 Å². The van der Waals surface area contributed by atoms with E-state index in [0.29, 0.717) is 12.1 Å². The van der Waals surface area contributed by atoms with Crippen molar-refractivity contribution in [1.82, 2.24) is 16.0 Å². The molecule has 0 saturated heterocycles. The van der Waals surface area contributed by atoms with Gasteiger partial charge in [-0.3, -0.25) is 4.79 Å². The molecule has 1 heterocycles. The fourth-order valence-corrected chi connectivity index (χ4v) is 2.12. The zero-order chi connectivity index (χ0) is 20.4. The van der Waals surface area contributed by atoms with Gasteiger partial charge in [0.1, 0.15) is 23.9 Å². The SMILES string of the molecule is C=C1NC(=O)NC(C(=O)N[C@H](C)COc2ccc(F)c(C(F)(F)F)c2)=C1N. The minimum absolute atomic E-state index is 0.0544. The highest BCUT2D eigenvalue weighted by atomic mass is 19.4. The van der Waals surface area contributed by atoms with Gasteiger partial charge in [0.15, 0.2) is 0 Å². The molecule has 11 heteroatoms. The predicted octanol–water partition coefficient (Wildman–Crippen LogP) is 1.72. The van der Waals surface area contributed by atoms with Gasteiger partial charge in [0.2, 0.25) is 0 Å². The van der Waals surface area contributed by atoms with E-state index in [0.717, 1.165) is 6.07 Å². The monoisotopic (exact) mass is 388 g/mol. The summed E-state index contributed by atoms with van der Waals surface area (Å²) in [6.07, 6.45) is -4.86. The Balaban J connectivity index is 2.00. The van der Waals surface area contributed by atoms with Crippen LogP contribution in [0.5, 0.6) is 5.75 Å². The number of rotatable bonds is 5. The molecule has 1 atom stereocenters. The molecular weight excluding hydrogens is 372 g/mol. The van der Waals surface area contributed by atoms with E-state index in [-0.39, 0.29) is 29.4 Å². The number of urea groups is 1. The quantitative estimate of drug-likeness (QED) is 0.577. The van der Waals surface area contributed by atoms with Gasteiger partial charge in [0, 0.05) is 0 Å². The first kappa shape index (κ1) is 20.1. The van der Waals surface area contributed by atoms with Gasteiger partial charge >= 0.3 is 12.2 Å². The fourth-order valence-electron chi connectivity index (χ4n) is 2.12. The second-order valence-corrected chi connectivity index (χ2v) is 5.67. The molecule has 0 fully saturated rings. The Kier molecular flexibility index (Phi) is 5.62. The lowest BCUT2D eigenvalue weighted by atomic mass is 10.2. The number of alkyl halides is 3. The van der Waals surface area contributed by atoms with Crippen molar-refractivity contribution in [1.29, 1.82) is 0 Å². The van der Waals surface area contributed by atoms with Gasteiger partial charge < -0.3 is 26.4 Å². The first-order valence-electron chi connectivity index (χ1n) is 7.56. The van der Waals surface area contributed by atoms with Crippen LogP contribution in [-0.2, 0) is 11.0 Å². The lowest BCUT2D eigenvalue weighted by molar-refractivity contribution is -0.140. The van der Waals surface area contributed by atoms with Gasteiger partial charge in [-0.2, -0.15) is 13.2 Å². The van der Waals surface area contributed by atoms with Crippen molar-refractivity contribution in [3.63, 3.8) is 0 Å². The van der Waals surface area contributed by atoms with Crippen LogP contribution in [0.25, 0.3) is 0 Å². The van der Waals surface area contributed by atoms with E-state index in [1.54, 1.807) is 0 Å². The van der Waals surface area contributed by atoms with Crippen molar-refractivity contribution in [3.8, 4) is 5.75 Å². The van der Waals surface area contributed by atoms with Crippen LogP contribution in [0.2, 0.25) is 0 Å². The normalized spacial score (nSPS) is 15.7. The Hall–Kier alpha value is -3.24. The minimum Gasteiger partial charge on any atom is -0.491 e. The summed E-state index contributed by atoms with van der Waals surface area (Å²) in [5, 5.41) is 6.98. The molecule has 0 bridgehead atoms. The molecule has 0 aromatic heterocycles. The van der Waals surface area contributed by atoms with Crippen LogP contribution in [-0.4, -0.2) is 24.6 Å². The summed E-state index contributed by atoms with van der Waals surface area (Å²) in [6, 6.07) is 0.854. The Morgan fingerprint density at radius 3 is 2.67 bits per heavy atom. The molecule has 2 rings (SSSR count). The Morgan fingerprint density at radius 2 is 2.04 bits per heavy atom. The average molecular weight is 388 g/mol. The highest BCUT2D eigenvalue weighted by molar-refractivity contribution is 6.00. The van der Waals surface area contributed by atoms with Crippen LogP contribution in [0.1, 0.15) is 12.5 Å². The van der Waals surface area contributed by atoms with Gasteiger partial charge in [-0.15, -0.1) is 0 Å². The Morgan fingerprint density at radius 1 is 1.37 bits per heavy atom. The Bertz CT molecular complexity index is 820. The highest BCUT2D eigenvalue weighted by Gasteiger charge is 2.34. The van der Waals surface area contributed by atoms with Gasteiger partial charge in [0.25, 0.3) is 5.91 Å². The first-order chi connectivity index (χ1) is 12.5. The first-order valence-corrected chi connectivity index (χ1v) is 7.56. The molecule has 1 aromatic carbocycles. The number of benzene rings is 1. The Labute approximate surface area is 151 Å². The number of nitrogens with one attached hydrogen (secondary N) is 3. The van der Waals surface area contributed by atoms with Gasteiger partial charge in [-0.05, 0) is 25.1 Å². The molecular formula is C16H16F4N4O3. The highest BCUT2D eigenvalue weighted by Crippen LogP contribution is 2.33. The predicted molar refractivity (Wildman–Crippen MR) is 86.5 cm³/mol. The van der Waals surface area contributed by atoms with Crippen LogP contribution in [0.3, 0.4) is 0 Å².